The molecule has 0 fully saturated rings. The summed E-state index contributed by atoms with van der Waals surface area (Å²) in [6.07, 6.45) is 5.09. The molecule has 0 aromatic carbocycles. The van der Waals surface area contributed by atoms with Crippen molar-refractivity contribution in [3.8, 4) is 6.07 Å². The first kappa shape index (κ1) is 12.1. The number of nitrogens with zero attached hydrogens (tertiary/aromatic N) is 3. The molecule has 0 aliphatic carbocycles. The average Bonchev–Trinajstić information content (AvgIpc) is 2.72. The highest BCUT2D eigenvalue weighted by molar-refractivity contribution is 5.59. The van der Waals surface area contributed by atoms with E-state index in [1.807, 2.05) is 39.0 Å². The first-order chi connectivity index (χ1) is 8.60. The van der Waals surface area contributed by atoms with E-state index in [0.29, 0.717) is 16.8 Å². The molecule has 0 saturated carbocycles. The highest BCUT2D eigenvalue weighted by Crippen LogP contribution is 2.17. The van der Waals surface area contributed by atoms with Crippen LogP contribution in [0.25, 0.3) is 11.7 Å². The van der Waals surface area contributed by atoms with Gasteiger partial charge in [0.05, 0.1) is 6.20 Å². The molecule has 92 valence electrons. The van der Waals surface area contributed by atoms with Crippen LogP contribution in [-0.4, -0.2) is 14.6 Å². The summed E-state index contributed by atoms with van der Waals surface area (Å²) < 4.78 is 1.25. The molecule has 0 amide bonds. The zero-order valence-corrected chi connectivity index (χ0v) is 10.6. The summed E-state index contributed by atoms with van der Waals surface area (Å²) in [6, 6.07) is 2.02. The van der Waals surface area contributed by atoms with E-state index in [-0.39, 0.29) is 11.5 Å². The van der Waals surface area contributed by atoms with E-state index in [9.17, 15) is 4.79 Å². The van der Waals surface area contributed by atoms with Crippen LogP contribution in [0.1, 0.15) is 43.5 Å². The molecule has 0 atom stereocenters. The second-order valence-electron chi connectivity index (χ2n) is 4.34. The smallest absolute Gasteiger partial charge is 0.278 e. The van der Waals surface area contributed by atoms with E-state index in [1.165, 1.54) is 10.7 Å². The van der Waals surface area contributed by atoms with E-state index in [0.717, 1.165) is 5.69 Å². The van der Waals surface area contributed by atoms with E-state index in [4.69, 9.17) is 5.26 Å². The highest BCUT2D eigenvalue weighted by Gasteiger charge is 2.16. The quantitative estimate of drug-likeness (QED) is 0.875. The van der Waals surface area contributed by atoms with Crippen molar-refractivity contribution in [3.63, 3.8) is 0 Å². The maximum absolute atomic E-state index is 12.3. The van der Waals surface area contributed by atoms with Crippen LogP contribution in [0.3, 0.4) is 0 Å². The van der Waals surface area contributed by atoms with Crippen LogP contribution in [0.4, 0.5) is 0 Å². The maximum Gasteiger partial charge on any atom is 0.278 e. The number of allylic oxidation sites excluding steroid dienone is 1. The van der Waals surface area contributed by atoms with Crippen molar-refractivity contribution < 1.29 is 0 Å². The van der Waals surface area contributed by atoms with Crippen molar-refractivity contribution in [2.24, 2.45) is 0 Å². The van der Waals surface area contributed by atoms with Crippen LogP contribution >= 0.6 is 0 Å². The SMILES string of the molecule is C/C=C/c1[nH]c2c(C#N)cnn2c(=O)c1C(C)C. The fraction of sp³-hybridized carbons (Fsp3) is 0.308. The van der Waals surface area contributed by atoms with E-state index >= 15 is 0 Å². The third kappa shape index (κ3) is 1.72. The zero-order chi connectivity index (χ0) is 13.3. The molecule has 5 nitrogen and oxygen atoms in total. The maximum atomic E-state index is 12.3. The average molecular weight is 242 g/mol. The van der Waals surface area contributed by atoms with Crippen molar-refractivity contribution in [2.75, 3.05) is 0 Å². The molecular formula is C13H14N4O. The van der Waals surface area contributed by atoms with Crippen molar-refractivity contribution >= 4 is 11.7 Å². The van der Waals surface area contributed by atoms with Gasteiger partial charge in [0.25, 0.3) is 5.56 Å². The second kappa shape index (κ2) is 4.49. The molecule has 0 saturated heterocycles. The van der Waals surface area contributed by atoms with Crippen molar-refractivity contribution in [1.82, 2.24) is 14.6 Å². The lowest BCUT2D eigenvalue weighted by Crippen LogP contribution is -2.22. The van der Waals surface area contributed by atoms with E-state index in [1.54, 1.807) is 0 Å². The Bertz CT molecular complexity index is 713. The van der Waals surface area contributed by atoms with Gasteiger partial charge in [0.1, 0.15) is 11.6 Å². The van der Waals surface area contributed by atoms with Crippen molar-refractivity contribution in [1.29, 1.82) is 5.26 Å². The van der Waals surface area contributed by atoms with Gasteiger partial charge in [0, 0.05) is 11.3 Å². The van der Waals surface area contributed by atoms with Crippen LogP contribution in [-0.2, 0) is 0 Å². The third-order valence-electron chi connectivity index (χ3n) is 2.77. The molecule has 0 aliphatic rings. The van der Waals surface area contributed by atoms with Crippen LogP contribution in [0.2, 0.25) is 0 Å². The molecule has 2 aromatic rings. The van der Waals surface area contributed by atoms with Gasteiger partial charge in [-0.25, -0.2) is 0 Å². The molecule has 2 heterocycles. The molecule has 0 bridgehead atoms. The monoisotopic (exact) mass is 242 g/mol. The minimum Gasteiger partial charge on any atom is -0.339 e. The van der Waals surface area contributed by atoms with Crippen LogP contribution in [0, 0.1) is 11.3 Å². The molecule has 0 unspecified atom stereocenters. The Kier molecular flexibility index (Phi) is 3.02. The molecule has 5 heteroatoms. The Morgan fingerprint density at radius 1 is 1.56 bits per heavy atom. The molecule has 18 heavy (non-hydrogen) atoms. The summed E-state index contributed by atoms with van der Waals surface area (Å²) in [5.41, 5.74) is 2.05. The Morgan fingerprint density at radius 3 is 2.83 bits per heavy atom. The fourth-order valence-corrected chi connectivity index (χ4v) is 1.98. The normalized spacial score (nSPS) is 11.5. The molecule has 2 rings (SSSR count). The number of nitriles is 1. The molecule has 0 aliphatic heterocycles. The number of H-pyrrole nitrogens is 1. The Morgan fingerprint density at radius 2 is 2.28 bits per heavy atom. The predicted molar refractivity (Wildman–Crippen MR) is 69.3 cm³/mol. The summed E-state index contributed by atoms with van der Waals surface area (Å²) in [6.45, 7) is 5.80. The Labute approximate surface area is 104 Å². The van der Waals surface area contributed by atoms with Gasteiger partial charge < -0.3 is 4.98 Å². The summed E-state index contributed by atoms with van der Waals surface area (Å²) in [7, 11) is 0. The predicted octanol–water partition coefficient (Wildman–Crippen LogP) is 2.05. The van der Waals surface area contributed by atoms with Crippen LogP contribution < -0.4 is 5.56 Å². The molecule has 2 aromatic heterocycles. The second-order valence-corrected chi connectivity index (χ2v) is 4.34. The van der Waals surface area contributed by atoms with Gasteiger partial charge in [0.15, 0.2) is 5.65 Å². The number of nitrogens with one attached hydrogen (secondary N) is 1. The third-order valence-corrected chi connectivity index (χ3v) is 2.77. The Balaban J connectivity index is 2.93. The van der Waals surface area contributed by atoms with Crippen molar-refractivity contribution in [3.05, 3.63) is 39.4 Å². The lowest BCUT2D eigenvalue weighted by atomic mass is 10.0. The fourth-order valence-electron chi connectivity index (χ4n) is 1.98. The Hall–Kier alpha value is -2.35. The van der Waals surface area contributed by atoms with Gasteiger partial charge in [-0.3, -0.25) is 4.79 Å². The number of hydrogen-bond acceptors (Lipinski definition) is 3. The number of hydrogen-bond donors (Lipinski definition) is 1. The summed E-state index contributed by atoms with van der Waals surface area (Å²) in [5.74, 6) is 0.0825. The van der Waals surface area contributed by atoms with Gasteiger partial charge in [-0.05, 0) is 18.9 Å². The summed E-state index contributed by atoms with van der Waals surface area (Å²) in [5, 5.41) is 12.9. The first-order valence-electron chi connectivity index (χ1n) is 5.76. The summed E-state index contributed by atoms with van der Waals surface area (Å²) >= 11 is 0. The van der Waals surface area contributed by atoms with Gasteiger partial charge in [-0.2, -0.15) is 14.9 Å². The lowest BCUT2D eigenvalue weighted by molar-refractivity contribution is 0.790. The number of aromatic amines is 1. The summed E-state index contributed by atoms with van der Waals surface area (Å²) in [4.78, 5) is 15.4. The lowest BCUT2D eigenvalue weighted by Gasteiger charge is -2.09. The standard InChI is InChI=1S/C13H14N4O/c1-4-5-10-11(8(2)3)13(18)17-12(16-10)9(6-14)7-15-17/h4-5,7-8,16H,1-3H3/b5-4+. The number of aromatic nitrogens is 3. The molecule has 0 spiro atoms. The largest absolute Gasteiger partial charge is 0.339 e. The highest BCUT2D eigenvalue weighted by atomic mass is 16.1. The van der Waals surface area contributed by atoms with E-state index in [2.05, 4.69) is 10.1 Å². The molecule has 1 N–H and O–H groups in total. The molecule has 0 radical (unpaired) electrons. The topological polar surface area (TPSA) is 73.9 Å². The minimum absolute atomic E-state index is 0.0825. The minimum atomic E-state index is -0.173. The van der Waals surface area contributed by atoms with Crippen LogP contribution in [0.5, 0.6) is 0 Å². The number of rotatable bonds is 2. The van der Waals surface area contributed by atoms with Crippen LogP contribution in [0.15, 0.2) is 17.1 Å². The van der Waals surface area contributed by atoms with Gasteiger partial charge in [-0.15, -0.1) is 0 Å². The first-order valence-corrected chi connectivity index (χ1v) is 5.76. The van der Waals surface area contributed by atoms with E-state index < -0.39 is 0 Å². The van der Waals surface area contributed by atoms with Gasteiger partial charge in [0.2, 0.25) is 0 Å². The van der Waals surface area contributed by atoms with Crippen molar-refractivity contribution in [2.45, 2.75) is 26.7 Å². The van der Waals surface area contributed by atoms with Gasteiger partial charge >= 0.3 is 0 Å². The molecular weight excluding hydrogens is 228 g/mol. The van der Waals surface area contributed by atoms with Gasteiger partial charge in [-0.1, -0.05) is 19.9 Å². The number of fused-ring (bicyclic) bond motifs is 1. The zero-order valence-electron chi connectivity index (χ0n) is 10.6.